The molecule has 0 bridgehead atoms. The number of hydrogen-bond donors (Lipinski definition) is 0. The van der Waals surface area contributed by atoms with Crippen molar-refractivity contribution in [2.75, 3.05) is 31.1 Å². The molecule has 2 aliphatic heterocycles. The van der Waals surface area contributed by atoms with Gasteiger partial charge in [-0.25, -0.2) is 0 Å². The third-order valence-electron chi connectivity index (χ3n) is 4.78. The second kappa shape index (κ2) is 7.21. The van der Waals surface area contributed by atoms with Gasteiger partial charge in [0.05, 0.1) is 36.2 Å². The number of pyridine rings is 1. The lowest BCUT2D eigenvalue weighted by atomic mass is 10.2. The molecular formula is C19H18F3N3O3. The van der Waals surface area contributed by atoms with Crippen molar-refractivity contribution >= 4 is 17.8 Å². The van der Waals surface area contributed by atoms with Crippen molar-refractivity contribution in [3.8, 4) is 11.5 Å². The third-order valence-corrected chi connectivity index (χ3v) is 4.78. The van der Waals surface area contributed by atoms with E-state index in [0.717, 1.165) is 25.1 Å². The lowest BCUT2D eigenvalue weighted by Crippen LogP contribution is -2.29. The van der Waals surface area contributed by atoms with E-state index in [1.165, 1.54) is 6.20 Å². The topological polar surface area (TPSA) is 54.9 Å². The molecule has 1 unspecified atom stereocenters. The number of anilines is 2. The van der Waals surface area contributed by atoms with Crippen LogP contribution in [0.3, 0.4) is 0 Å². The Bertz CT molecular complexity index is 875. The van der Waals surface area contributed by atoms with E-state index in [1.807, 2.05) is 0 Å². The van der Waals surface area contributed by atoms with Crippen LogP contribution in [0, 0.1) is 0 Å². The summed E-state index contributed by atoms with van der Waals surface area (Å²) in [6, 6.07) is 6.33. The van der Waals surface area contributed by atoms with Gasteiger partial charge >= 0.3 is 6.18 Å². The first kappa shape index (κ1) is 18.4. The van der Waals surface area contributed by atoms with Crippen LogP contribution in [-0.2, 0) is 11.0 Å². The molecule has 0 aliphatic carbocycles. The SMILES string of the molecule is O=CN1CCC(Oc2ccc3c(c2)N(c2cncc(C(F)(F)F)c2)CCO3)C1. The normalized spacial score (nSPS) is 19.2. The molecule has 3 heterocycles. The zero-order valence-corrected chi connectivity index (χ0v) is 14.9. The fourth-order valence-corrected chi connectivity index (χ4v) is 3.41. The molecule has 1 atom stereocenters. The van der Waals surface area contributed by atoms with Gasteiger partial charge in [-0.05, 0) is 18.2 Å². The monoisotopic (exact) mass is 393 g/mol. The maximum atomic E-state index is 13.1. The number of benzene rings is 1. The number of carbonyl (C=O) groups is 1. The lowest BCUT2D eigenvalue weighted by Gasteiger charge is -2.31. The lowest BCUT2D eigenvalue weighted by molar-refractivity contribution is -0.137. The van der Waals surface area contributed by atoms with Gasteiger partial charge in [-0.15, -0.1) is 0 Å². The van der Waals surface area contributed by atoms with Crippen molar-refractivity contribution in [1.82, 2.24) is 9.88 Å². The van der Waals surface area contributed by atoms with E-state index in [1.54, 1.807) is 28.0 Å². The minimum absolute atomic E-state index is 0.114. The molecule has 1 aromatic carbocycles. The van der Waals surface area contributed by atoms with Crippen LogP contribution in [-0.4, -0.2) is 48.6 Å². The van der Waals surface area contributed by atoms with Crippen molar-refractivity contribution in [3.05, 3.63) is 42.2 Å². The summed E-state index contributed by atoms with van der Waals surface area (Å²) in [5, 5.41) is 0. The van der Waals surface area contributed by atoms with Crippen molar-refractivity contribution in [3.63, 3.8) is 0 Å². The molecule has 1 saturated heterocycles. The number of hydrogen-bond acceptors (Lipinski definition) is 5. The smallest absolute Gasteiger partial charge is 0.417 e. The summed E-state index contributed by atoms with van der Waals surface area (Å²) in [5.74, 6) is 1.14. The second-order valence-corrected chi connectivity index (χ2v) is 6.69. The molecule has 0 spiro atoms. The zero-order chi connectivity index (χ0) is 19.7. The van der Waals surface area contributed by atoms with E-state index in [4.69, 9.17) is 9.47 Å². The van der Waals surface area contributed by atoms with Crippen LogP contribution < -0.4 is 14.4 Å². The van der Waals surface area contributed by atoms with Gasteiger partial charge in [-0.1, -0.05) is 0 Å². The molecule has 0 N–H and O–H groups in total. The maximum absolute atomic E-state index is 13.1. The van der Waals surface area contributed by atoms with E-state index >= 15 is 0 Å². The Morgan fingerprint density at radius 2 is 2.07 bits per heavy atom. The average Bonchev–Trinajstić information content (AvgIpc) is 3.14. The fraction of sp³-hybridized carbons (Fsp3) is 0.368. The maximum Gasteiger partial charge on any atom is 0.417 e. The highest BCUT2D eigenvalue weighted by atomic mass is 19.4. The predicted molar refractivity (Wildman–Crippen MR) is 94.9 cm³/mol. The molecule has 1 amide bonds. The summed E-state index contributed by atoms with van der Waals surface area (Å²) >= 11 is 0. The number of carbonyl (C=O) groups excluding carboxylic acids is 1. The number of aromatic nitrogens is 1. The summed E-state index contributed by atoms with van der Waals surface area (Å²) in [5.41, 5.74) is 0.157. The molecule has 1 aromatic heterocycles. The molecule has 28 heavy (non-hydrogen) atoms. The van der Waals surface area contributed by atoms with E-state index in [9.17, 15) is 18.0 Å². The van der Waals surface area contributed by atoms with Crippen molar-refractivity contribution in [1.29, 1.82) is 0 Å². The van der Waals surface area contributed by atoms with Gasteiger partial charge in [0.15, 0.2) is 0 Å². The van der Waals surface area contributed by atoms with Gasteiger partial charge < -0.3 is 19.3 Å². The van der Waals surface area contributed by atoms with Gasteiger partial charge in [0, 0.05) is 25.2 Å². The molecular weight excluding hydrogens is 375 g/mol. The zero-order valence-electron chi connectivity index (χ0n) is 14.9. The van der Waals surface area contributed by atoms with Crippen LogP contribution >= 0.6 is 0 Å². The molecule has 9 heteroatoms. The summed E-state index contributed by atoms with van der Waals surface area (Å²) in [4.78, 5) is 18.0. The first-order chi connectivity index (χ1) is 13.4. The number of rotatable bonds is 4. The first-order valence-electron chi connectivity index (χ1n) is 8.86. The molecule has 4 rings (SSSR count). The number of likely N-dealkylation sites (tertiary alicyclic amines) is 1. The number of amides is 1. The number of alkyl halides is 3. The quantitative estimate of drug-likeness (QED) is 0.747. The summed E-state index contributed by atoms with van der Waals surface area (Å²) < 4.78 is 50.7. The number of nitrogens with zero attached hydrogens (tertiary/aromatic N) is 3. The van der Waals surface area contributed by atoms with Gasteiger partial charge in [-0.2, -0.15) is 13.2 Å². The van der Waals surface area contributed by atoms with Gasteiger partial charge in [0.1, 0.15) is 24.2 Å². The van der Waals surface area contributed by atoms with Gasteiger partial charge in [-0.3, -0.25) is 9.78 Å². The Morgan fingerprint density at radius 3 is 2.82 bits per heavy atom. The summed E-state index contributed by atoms with van der Waals surface area (Å²) in [7, 11) is 0. The largest absolute Gasteiger partial charge is 0.490 e. The molecule has 2 aromatic rings. The first-order valence-corrected chi connectivity index (χ1v) is 8.86. The number of fused-ring (bicyclic) bond motifs is 1. The Balaban J connectivity index is 1.61. The van der Waals surface area contributed by atoms with Crippen molar-refractivity contribution in [2.45, 2.75) is 18.7 Å². The van der Waals surface area contributed by atoms with Crippen LogP contribution in [0.5, 0.6) is 11.5 Å². The second-order valence-electron chi connectivity index (χ2n) is 6.69. The van der Waals surface area contributed by atoms with E-state index in [-0.39, 0.29) is 6.10 Å². The molecule has 2 aliphatic rings. The fourth-order valence-electron chi connectivity index (χ4n) is 3.41. The summed E-state index contributed by atoms with van der Waals surface area (Å²) in [6.45, 7) is 1.89. The standard InChI is InChI=1S/C19H18F3N3O3/c20-19(21,22)13-7-14(10-23-9-13)25-5-6-27-18-2-1-15(8-17(18)25)28-16-3-4-24(11-16)12-26/h1-2,7-10,12,16H,3-6,11H2. The van der Waals surface area contributed by atoms with Crippen LogP contribution in [0.1, 0.15) is 12.0 Å². The third kappa shape index (κ3) is 3.69. The average molecular weight is 393 g/mol. The minimum Gasteiger partial charge on any atom is -0.490 e. The minimum atomic E-state index is -4.46. The number of ether oxygens (including phenoxy) is 2. The number of halogens is 3. The Kier molecular flexibility index (Phi) is 4.74. The molecule has 1 fully saturated rings. The Morgan fingerprint density at radius 1 is 1.21 bits per heavy atom. The highest BCUT2D eigenvalue weighted by molar-refractivity contribution is 5.71. The van der Waals surface area contributed by atoms with Crippen LogP contribution in [0.4, 0.5) is 24.5 Å². The highest BCUT2D eigenvalue weighted by Gasteiger charge is 2.32. The highest BCUT2D eigenvalue weighted by Crippen LogP contribution is 2.40. The van der Waals surface area contributed by atoms with Crippen molar-refractivity contribution in [2.24, 2.45) is 0 Å². The van der Waals surface area contributed by atoms with Crippen molar-refractivity contribution < 1.29 is 27.4 Å². The van der Waals surface area contributed by atoms with Crippen LogP contribution in [0.2, 0.25) is 0 Å². The predicted octanol–water partition coefficient (Wildman–Crippen LogP) is 3.24. The van der Waals surface area contributed by atoms with E-state index in [0.29, 0.717) is 49.1 Å². The van der Waals surface area contributed by atoms with Crippen LogP contribution in [0.15, 0.2) is 36.7 Å². The van der Waals surface area contributed by atoms with Gasteiger partial charge in [0.2, 0.25) is 6.41 Å². The molecule has 0 saturated carbocycles. The van der Waals surface area contributed by atoms with E-state index < -0.39 is 11.7 Å². The molecule has 6 nitrogen and oxygen atoms in total. The Hall–Kier alpha value is -2.97. The molecule has 148 valence electrons. The van der Waals surface area contributed by atoms with E-state index in [2.05, 4.69) is 4.98 Å². The molecule has 0 radical (unpaired) electrons. The Labute approximate surface area is 159 Å². The van der Waals surface area contributed by atoms with Crippen LogP contribution in [0.25, 0.3) is 0 Å². The van der Waals surface area contributed by atoms with Gasteiger partial charge in [0.25, 0.3) is 0 Å². The summed E-state index contributed by atoms with van der Waals surface area (Å²) in [6.07, 6.45) is -0.841.